The zero-order valence-electron chi connectivity index (χ0n) is 22.9. The maximum absolute atomic E-state index is 13.2. The highest BCUT2D eigenvalue weighted by Crippen LogP contribution is 2.35. The molecule has 0 saturated heterocycles. The van der Waals surface area contributed by atoms with Crippen LogP contribution in [0.4, 0.5) is 0 Å². The first-order valence-corrected chi connectivity index (χ1v) is 14.2. The Bertz CT molecular complexity index is 1750. The van der Waals surface area contributed by atoms with E-state index in [9.17, 15) is 9.59 Å². The first kappa shape index (κ1) is 26.4. The van der Waals surface area contributed by atoms with Crippen LogP contribution in [0.5, 0.6) is 0 Å². The molecule has 206 valence electrons. The van der Waals surface area contributed by atoms with Crippen LogP contribution in [0.3, 0.4) is 0 Å². The van der Waals surface area contributed by atoms with Gasteiger partial charge in [0, 0.05) is 29.9 Å². The molecule has 7 heteroatoms. The van der Waals surface area contributed by atoms with Gasteiger partial charge in [-0.3, -0.25) is 9.59 Å². The van der Waals surface area contributed by atoms with Gasteiger partial charge in [-0.1, -0.05) is 66.7 Å². The summed E-state index contributed by atoms with van der Waals surface area (Å²) in [6, 6.07) is 29.1. The molecular weight excluding hydrogens is 512 g/mol. The highest BCUT2D eigenvalue weighted by atomic mass is 16.5. The minimum Gasteiger partial charge on any atom is -0.461 e. The zero-order valence-corrected chi connectivity index (χ0v) is 22.9. The number of aromatic nitrogens is 4. The summed E-state index contributed by atoms with van der Waals surface area (Å²) >= 11 is 0. The van der Waals surface area contributed by atoms with Gasteiger partial charge in [0.05, 0.1) is 16.8 Å². The van der Waals surface area contributed by atoms with Gasteiger partial charge in [-0.15, -0.1) is 0 Å². The Morgan fingerprint density at radius 1 is 0.829 bits per heavy atom. The number of ether oxygens (including phenoxy) is 1. The Morgan fingerprint density at radius 2 is 1.59 bits per heavy atom. The largest absolute Gasteiger partial charge is 0.461 e. The van der Waals surface area contributed by atoms with Crippen molar-refractivity contribution in [3.8, 4) is 22.5 Å². The summed E-state index contributed by atoms with van der Waals surface area (Å²) in [6.45, 7) is 0.286. The molecule has 0 N–H and O–H groups in total. The molecule has 3 heterocycles. The molecule has 7 nitrogen and oxygen atoms in total. The number of fused-ring (bicyclic) bond motifs is 1. The SMILES string of the molecule is O=C(CCCC1=C(n2nc(-c3c(-c4ccccc4)nn4ccccc34)ccc2=O)CCCC1)OCc1ccccc1. The average molecular weight is 545 g/mol. The molecule has 0 radical (unpaired) electrons. The summed E-state index contributed by atoms with van der Waals surface area (Å²) in [5.41, 5.74) is 7.31. The van der Waals surface area contributed by atoms with E-state index in [2.05, 4.69) is 0 Å². The van der Waals surface area contributed by atoms with Crippen molar-refractivity contribution in [1.82, 2.24) is 19.4 Å². The monoisotopic (exact) mass is 544 g/mol. The number of benzene rings is 2. The number of nitrogens with zero attached hydrogens (tertiary/aromatic N) is 4. The lowest BCUT2D eigenvalue weighted by Crippen LogP contribution is -2.24. The van der Waals surface area contributed by atoms with Gasteiger partial charge < -0.3 is 4.74 Å². The number of hydrogen-bond acceptors (Lipinski definition) is 5. The molecule has 1 aliphatic rings. The predicted octanol–water partition coefficient (Wildman–Crippen LogP) is 6.92. The topological polar surface area (TPSA) is 78.5 Å². The molecule has 0 aliphatic heterocycles. The molecule has 3 aromatic heterocycles. The maximum atomic E-state index is 13.2. The minimum absolute atomic E-state index is 0.150. The summed E-state index contributed by atoms with van der Waals surface area (Å²) in [5.74, 6) is -0.203. The van der Waals surface area contributed by atoms with Crippen molar-refractivity contribution in [3.63, 3.8) is 0 Å². The third-order valence-corrected chi connectivity index (χ3v) is 7.55. The van der Waals surface area contributed by atoms with Crippen molar-refractivity contribution in [2.24, 2.45) is 0 Å². The summed E-state index contributed by atoms with van der Waals surface area (Å²) in [7, 11) is 0. The predicted molar refractivity (Wildman–Crippen MR) is 160 cm³/mol. The van der Waals surface area contributed by atoms with E-state index in [1.807, 2.05) is 89.6 Å². The lowest BCUT2D eigenvalue weighted by atomic mass is 9.92. The summed E-state index contributed by atoms with van der Waals surface area (Å²) in [5, 5.41) is 9.80. The van der Waals surface area contributed by atoms with Gasteiger partial charge in [0.15, 0.2) is 0 Å². The second-order valence-electron chi connectivity index (χ2n) is 10.3. The van der Waals surface area contributed by atoms with Crippen LogP contribution >= 0.6 is 0 Å². The Kier molecular flexibility index (Phi) is 7.85. The van der Waals surface area contributed by atoms with Crippen LogP contribution in [0, 0.1) is 0 Å². The van der Waals surface area contributed by atoms with E-state index >= 15 is 0 Å². The van der Waals surface area contributed by atoms with E-state index in [4.69, 9.17) is 14.9 Å². The Balaban J connectivity index is 1.27. The molecular formula is C34H32N4O3. The number of hydrogen-bond donors (Lipinski definition) is 0. The van der Waals surface area contributed by atoms with Crippen molar-refractivity contribution in [1.29, 1.82) is 0 Å². The molecule has 0 bridgehead atoms. The van der Waals surface area contributed by atoms with Gasteiger partial charge in [-0.2, -0.15) is 10.2 Å². The maximum Gasteiger partial charge on any atom is 0.306 e. The van der Waals surface area contributed by atoms with Gasteiger partial charge in [0.1, 0.15) is 12.3 Å². The van der Waals surface area contributed by atoms with E-state index in [1.165, 1.54) is 5.57 Å². The van der Waals surface area contributed by atoms with Gasteiger partial charge >= 0.3 is 5.97 Å². The van der Waals surface area contributed by atoms with E-state index in [1.54, 1.807) is 16.8 Å². The second-order valence-corrected chi connectivity index (χ2v) is 10.3. The van der Waals surface area contributed by atoms with Crippen LogP contribution in [0.1, 0.15) is 50.5 Å². The Hall–Kier alpha value is -4.78. The smallest absolute Gasteiger partial charge is 0.306 e. The molecule has 41 heavy (non-hydrogen) atoms. The Morgan fingerprint density at radius 3 is 2.41 bits per heavy atom. The summed E-state index contributed by atoms with van der Waals surface area (Å²) in [6.07, 6.45) is 7.43. The van der Waals surface area contributed by atoms with Crippen LogP contribution < -0.4 is 5.56 Å². The molecule has 5 aromatic rings. The number of rotatable bonds is 9. The molecule has 2 aromatic carbocycles. The average Bonchev–Trinajstić information content (AvgIpc) is 3.41. The van der Waals surface area contributed by atoms with E-state index in [0.29, 0.717) is 18.5 Å². The highest BCUT2D eigenvalue weighted by Gasteiger charge is 2.21. The van der Waals surface area contributed by atoms with Crippen molar-refractivity contribution < 1.29 is 9.53 Å². The normalized spacial score (nSPS) is 13.5. The first-order valence-electron chi connectivity index (χ1n) is 14.2. The molecule has 0 fully saturated rings. The minimum atomic E-state index is -0.203. The molecule has 0 atom stereocenters. The van der Waals surface area contributed by atoms with Crippen LogP contribution in [0.25, 0.3) is 33.7 Å². The molecule has 0 amide bonds. The van der Waals surface area contributed by atoms with Crippen molar-refractivity contribution in [2.45, 2.75) is 51.6 Å². The van der Waals surface area contributed by atoms with Gasteiger partial charge in [0.25, 0.3) is 5.56 Å². The van der Waals surface area contributed by atoms with Crippen LogP contribution in [-0.4, -0.2) is 25.4 Å². The number of allylic oxidation sites excluding steroid dienone is 2. The fourth-order valence-electron chi connectivity index (χ4n) is 5.52. The molecule has 6 rings (SSSR count). The quantitative estimate of drug-likeness (QED) is 0.188. The number of carbonyl (C=O) groups is 1. The number of carbonyl (C=O) groups excluding carboxylic acids is 1. The molecule has 0 saturated carbocycles. The van der Waals surface area contributed by atoms with Crippen LogP contribution in [0.2, 0.25) is 0 Å². The Labute approximate surface area is 238 Å². The molecule has 0 spiro atoms. The van der Waals surface area contributed by atoms with Gasteiger partial charge in [0.2, 0.25) is 0 Å². The van der Waals surface area contributed by atoms with E-state index in [0.717, 1.165) is 65.7 Å². The van der Waals surface area contributed by atoms with Gasteiger partial charge in [-0.05, 0) is 67.9 Å². The van der Waals surface area contributed by atoms with Crippen molar-refractivity contribution >= 4 is 17.2 Å². The van der Waals surface area contributed by atoms with Crippen LogP contribution in [0.15, 0.2) is 108 Å². The molecule has 0 unspecified atom stereocenters. The van der Waals surface area contributed by atoms with Crippen molar-refractivity contribution in [2.75, 3.05) is 0 Å². The lowest BCUT2D eigenvalue weighted by Gasteiger charge is -2.21. The standard InChI is InChI=1S/C34H32N4O3/c39-31-22-21-28(33-30-19-9-10-23-37(30)36-34(33)27-15-5-2-6-16-27)35-38(31)29-18-8-7-14-26(29)17-11-20-32(40)41-24-25-12-3-1-4-13-25/h1-6,9-10,12-13,15-16,19,21-23H,7-8,11,14,17-18,20,24H2. The van der Waals surface area contributed by atoms with Crippen LogP contribution in [-0.2, 0) is 16.1 Å². The third kappa shape index (κ3) is 5.89. The fourth-order valence-corrected chi connectivity index (χ4v) is 5.52. The summed E-state index contributed by atoms with van der Waals surface area (Å²) in [4.78, 5) is 25.6. The lowest BCUT2D eigenvalue weighted by molar-refractivity contribution is -0.145. The third-order valence-electron chi connectivity index (χ3n) is 7.55. The number of esters is 1. The second kappa shape index (κ2) is 12.2. The zero-order chi connectivity index (χ0) is 28.0. The first-order chi connectivity index (χ1) is 20.2. The van der Waals surface area contributed by atoms with Crippen molar-refractivity contribution in [3.05, 3.63) is 119 Å². The van der Waals surface area contributed by atoms with E-state index < -0.39 is 0 Å². The van der Waals surface area contributed by atoms with E-state index in [-0.39, 0.29) is 18.1 Å². The highest BCUT2D eigenvalue weighted by molar-refractivity contribution is 5.90. The van der Waals surface area contributed by atoms with Gasteiger partial charge in [-0.25, -0.2) is 9.20 Å². The number of pyridine rings is 1. The fraction of sp³-hybridized carbons (Fsp3) is 0.235. The molecule has 1 aliphatic carbocycles. The summed E-state index contributed by atoms with van der Waals surface area (Å²) < 4.78 is 8.90.